The average molecular weight is 206 g/mol. The number of hydrogen-bond acceptors (Lipinski definition) is 2. The van der Waals surface area contributed by atoms with Crippen LogP contribution in [0, 0.1) is 0 Å². The van der Waals surface area contributed by atoms with Gasteiger partial charge < -0.3 is 11.1 Å². The van der Waals surface area contributed by atoms with Gasteiger partial charge in [0, 0.05) is 6.42 Å². The summed E-state index contributed by atoms with van der Waals surface area (Å²) in [6, 6.07) is 8.20. The van der Waals surface area contributed by atoms with Gasteiger partial charge in [-0.1, -0.05) is 37.3 Å². The summed E-state index contributed by atoms with van der Waals surface area (Å²) in [4.78, 5) is 22.3. The maximum absolute atomic E-state index is 11.2. The predicted molar refractivity (Wildman–Crippen MR) is 56.8 cm³/mol. The Kier molecular flexibility index (Phi) is 3.85. The zero-order chi connectivity index (χ0) is 11.3. The van der Waals surface area contributed by atoms with Crippen LogP contribution in [0.3, 0.4) is 0 Å². The molecule has 0 heterocycles. The molecule has 0 bridgehead atoms. The number of nitrogens with two attached hydrogens (primary N) is 1. The molecule has 15 heavy (non-hydrogen) atoms. The van der Waals surface area contributed by atoms with E-state index in [0.29, 0.717) is 12.0 Å². The monoisotopic (exact) mass is 206 g/mol. The lowest BCUT2D eigenvalue weighted by atomic mass is 10.1. The second-order valence-electron chi connectivity index (χ2n) is 3.17. The minimum atomic E-state index is -0.737. The van der Waals surface area contributed by atoms with E-state index in [1.165, 1.54) is 0 Å². The number of primary amides is 1. The molecule has 80 valence electrons. The zero-order valence-corrected chi connectivity index (χ0v) is 8.57. The van der Waals surface area contributed by atoms with E-state index in [2.05, 4.69) is 5.32 Å². The number of nitrogens with one attached hydrogen (secondary N) is 1. The Labute approximate surface area is 88.5 Å². The summed E-state index contributed by atoms with van der Waals surface area (Å²) in [6.45, 7) is 1.72. The summed E-state index contributed by atoms with van der Waals surface area (Å²) >= 11 is 0. The van der Waals surface area contributed by atoms with Crippen LogP contribution in [0.5, 0.6) is 0 Å². The molecule has 0 fully saturated rings. The van der Waals surface area contributed by atoms with Crippen LogP contribution in [0.25, 0.3) is 0 Å². The number of benzene rings is 1. The fourth-order valence-corrected chi connectivity index (χ4v) is 1.23. The summed E-state index contributed by atoms with van der Waals surface area (Å²) in [5.74, 6) is -0.745. The van der Waals surface area contributed by atoms with Crippen molar-refractivity contribution in [2.24, 2.45) is 5.73 Å². The molecule has 4 nitrogen and oxygen atoms in total. The molecule has 1 aromatic carbocycles. The molecule has 3 N–H and O–H groups in total. The lowest BCUT2D eigenvalue weighted by Crippen LogP contribution is -2.37. The minimum absolute atomic E-state index is 0.192. The Morgan fingerprint density at radius 1 is 1.33 bits per heavy atom. The molecule has 4 heteroatoms. The zero-order valence-electron chi connectivity index (χ0n) is 8.57. The molecular weight excluding hydrogens is 192 g/mol. The van der Waals surface area contributed by atoms with E-state index in [4.69, 9.17) is 5.73 Å². The molecule has 0 radical (unpaired) electrons. The van der Waals surface area contributed by atoms with Gasteiger partial charge in [0.15, 0.2) is 0 Å². The molecule has 1 atom stereocenters. The summed E-state index contributed by atoms with van der Waals surface area (Å²) in [5, 5.41) is 2.57. The highest BCUT2D eigenvalue weighted by atomic mass is 16.2. The van der Waals surface area contributed by atoms with E-state index in [1.807, 2.05) is 6.07 Å². The van der Waals surface area contributed by atoms with Crippen LogP contribution in [-0.2, 0) is 9.59 Å². The van der Waals surface area contributed by atoms with Crippen molar-refractivity contribution in [2.75, 3.05) is 0 Å². The molecule has 0 saturated carbocycles. The van der Waals surface area contributed by atoms with Crippen LogP contribution in [-0.4, -0.2) is 11.8 Å². The topological polar surface area (TPSA) is 72.2 Å². The van der Waals surface area contributed by atoms with Crippen molar-refractivity contribution >= 4 is 11.8 Å². The number of rotatable bonds is 4. The van der Waals surface area contributed by atoms with E-state index in [-0.39, 0.29) is 5.91 Å². The van der Waals surface area contributed by atoms with Gasteiger partial charge in [-0.05, 0) is 5.56 Å². The van der Waals surface area contributed by atoms with Crippen molar-refractivity contribution in [3.8, 4) is 0 Å². The van der Waals surface area contributed by atoms with Crippen molar-refractivity contribution in [2.45, 2.75) is 19.4 Å². The maximum Gasteiger partial charge on any atom is 0.244 e. The molecule has 0 aliphatic rings. The maximum atomic E-state index is 11.2. The SMILES string of the molecule is CCC(=O)NC(C(N)=O)c1ccccc1. The van der Waals surface area contributed by atoms with Gasteiger partial charge in [-0.25, -0.2) is 0 Å². The van der Waals surface area contributed by atoms with Crippen molar-refractivity contribution < 1.29 is 9.59 Å². The van der Waals surface area contributed by atoms with Gasteiger partial charge in [0.25, 0.3) is 0 Å². The molecule has 0 spiro atoms. The third-order valence-electron chi connectivity index (χ3n) is 2.04. The van der Waals surface area contributed by atoms with Gasteiger partial charge >= 0.3 is 0 Å². The Hall–Kier alpha value is -1.84. The second kappa shape index (κ2) is 5.14. The number of carbonyl (C=O) groups is 2. The van der Waals surface area contributed by atoms with Crippen molar-refractivity contribution in [1.82, 2.24) is 5.32 Å². The molecule has 1 rings (SSSR count). The van der Waals surface area contributed by atoms with Crippen molar-refractivity contribution in [3.05, 3.63) is 35.9 Å². The van der Waals surface area contributed by atoms with Crippen LogP contribution in [0.1, 0.15) is 24.9 Å². The van der Waals surface area contributed by atoms with Crippen molar-refractivity contribution in [1.29, 1.82) is 0 Å². The van der Waals surface area contributed by atoms with Gasteiger partial charge in [-0.2, -0.15) is 0 Å². The summed E-state index contributed by atoms with van der Waals surface area (Å²) < 4.78 is 0. The molecule has 0 aromatic heterocycles. The summed E-state index contributed by atoms with van der Waals surface area (Å²) in [6.07, 6.45) is 0.330. The standard InChI is InChI=1S/C11H14N2O2/c1-2-9(14)13-10(11(12)15)8-6-4-3-5-7-8/h3-7,10H,2H2,1H3,(H2,12,15)(H,13,14). The number of amides is 2. The Morgan fingerprint density at radius 2 is 1.93 bits per heavy atom. The third-order valence-corrected chi connectivity index (χ3v) is 2.04. The van der Waals surface area contributed by atoms with E-state index in [9.17, 15) is 9.59 Å². The largest absolute Gasteiger partial charge is 0.368 e. The highest BCUT2D eigenvalue weighted by Gasteiger charge is 2.18. The third kappa shape index (κ3) is 3.09. The molecule has 0 aliphatic carbocycles. The quantitative estimate of drug-likeness (QED) is 0.762. The fourth-order valence-electron chi connectivity index (χ4n) is 1.23. The first-order valence-corrected chi connectivity index (χ1v) is 4.78. The Balaban J connectivity index is 2.84. The van der Waals surface area contributed by atoms with Gasteiger partial charge in [0.05, 0.1) is 0 Å². The Bertz CT molecular complexity index is 349. The highest BCUT2D eigenvalue weighted by molar-refractivity contribution is 5.87. The van der Waals surface area contributed by atoms with Gasteiger partial charge in [-0.15, -0.1) is 0 Å². The highest BCUT2D eigenvalue weighted by Crippen LogP contribution is 2.11. The summed E-state index contributed by atoms with van der Waals surface area (Å²) in [5.41, 5.74) is 5.92. The molecule has 1 aromatic rings. The molecule has 0 saturated heterocycles. The minimum Gasteiger partial charge on any atom is -0.368 e. The molecule has 2 amide bonds. The van der Waals surface area contributed by atoms with E-state index >= 15 is 0 Å². The summed E-state index contributed by atoms with van der Waals surface area (Å²) in [7, 11) is 0. The Morgan fingerprint density at radius 3 is 2.40 bits per heavy atom. The van der Waals surface area contributed by atoms with Gasteiger partial charge in [0.2, 0.25) is 11.8 Å². The van der Waals surface area contributed by atoms with Crippen LogP contribution < -0.4 is 11.1 Å². The first-order chi connectivity index (χ1) is 7.15. The lowest BCUT2D eigenvalue weighted by Gasteiger charge is -2.14. The first-order valence-electron chi connectivity index (χ1n) is 4.78. The van der Waals surface area contributed by atoms with Gasteiger partial charge in [-0.3, -0.25) is 9.59 Å². The fraction of sp³-hybridized carbons (Fsp3) is 0.273. The van der Waals surface area contributed by atoms with Crippen LogP contribution in [0.15, 0.2) is 30.3 Å². The smallest absolute Gasteiger partial charge is 0.244 e. The van der Waals surface area contributed by atoms with E-state index < -0.39 is 11.9 Å². The van der Waals surface area contributed by atoms with Crippen molar-refractivity contribution in [3.63, 3.8) is 0 Å². The lowest BCUT2D eigenvalue weighted by molar-refractivity contribution is -0.127. The second-order valence-corrected chi connectivity index (χ2v) is 3.17. The van der Waals surface area contributed by atoms with Crippen LogP contribution in [0.2, 0.25) is 0 Å². The average Bonchev–Trinajstić information content (AvgIpc) is 2.26. The molecular formula is C11H14N2O2. The first kappa shape index (κ1) is 11.2. The van der Waals surface area contributed by atoms with Gasteiger partial charge in [0.1, 0.15) is 6.04 Å². The predicted octanol–water partition coefficient (Wildman–Crippen LogP) is 0.739. The number of carbonyl (C=O) groups excluding carboxylic acids is 2. The number of hydrogen-bond donors (Lipinski definition) is 2. The van der Waals surface area contributed by atoms with E-state index in [0.717, 1.165) is 0 Å². The van der Waals surface area contributed by atoms with Crippen LogP contribution >= 0.6 is 0 Å². The van der Waals surface area contributed by atoms with E-state index in [1.54, 1.807) is 31.2 Å². The molecule has 0 aliphatic heterocycles. The molecule has 1 unspecified atom stereocenters. The normalized spacial score (nSPS) is 11.8. The van der Waals surface area contributed by atoms with Crippen LogP contribution in [0.4, 0.5) is 0 Å².